The molecule has 0 bridgehead atoms. The van der Waals surface area contributed by atoms with Crippen LogP contribution in [0.25, 0.3) is 0 Å². The third-order valence-corrected chi connectivity index (χ3v) is 7.02. The molecule has 5 heteroatoms. The fourth-order valence-electron chi connectivity index (χ4n) is 5.12. The van der Waals surface area contributed by atoms with Crippen molar-refractivity contribution in [2.75, 3.05) is 26.4 Å². The summed E-state index contributed by atoms with van der Waals surface area (Å²) >= 11 is 0. The molecule has 5 nitrogen and oxygen atoms in total. The second-order valence-corrected chi connectivity index (χ2v) is 9.47. The van der Waals surface area contributed by atoms with Gasteiger partial charge in [-0.1, -0.05) is 98.6 Å². The predicted molar refractivity (Wildman–Crippen MR) is 163 cm³/mol. The van der Waals surface area contributed by atoms with Gasteiger partial charge in [0.25, 0.3) is 0 Å². The number of allylic oxidation sites excluding steroid dienone is 5. The molecule has 4 rings (SSSR count). The van der Waals surface area contributed by atoms with Crippen LogP contribution in [-0.2, 0) is 19.7 Å². The van der Waals surface area contributed by atoms with Crippen LogP contribution >= 0.6 is 0 Å². The van der Waals surface area contributed by atoms with Gasteiger partial charge in [-0.25, -0.2) is 4.79 Å². The molecule has 0 amide bonds. The van der Waals surface area contributed by atoms with E-state index in [0.29, 0.717) is 24.7 Å². The number of hydrogen-bond acceptors (Lipinski definition) is 5. The van der Waals surface area contributed by atoms with Crippen molar-refractivity contribution in [1.29, 1.82) is 0 Å². The zero-order chi connectivity index (χ0) is 28.9. The van der Waals surface area contributed by atoms with Crippen molar-refractivity contribution in [3.05, 3.63) is 158 Å². The summed E-state index contributed by atoms with van der Waals surface area (Å²) in [4.78, 5) is 11.3. The summed E-state index contributed by atoms with van der Waals surface area (Å²) in [5.41, 5.74) is 3.02. The van der Waals surface area contributed by atoms with E-state index in [2.05, 4.69) is 92.6 Å². The molecule has 0 heterocycles. The number of rotatable bonds is 15. The maximum atomic E-state index is 11.3. The van der Waals surface area contributed by atoms with Gasteiger partial charge in [0, 0.05) is 6.08 Å². The lowest BCUT2D eigenvalue weighted by Gasteiger charge is -2.42. The first kappa shape index (κ1) is 29.2. The molecule has 0 spiro atoms. The lowest BCUT2D eigenvalue weighted by Crippen LogP contribution is -2.37. The third kappa shape index (κ3) is 7.25. The highest BCUT2D eigenvalue weighted by Crippen LogP contribution is 2.48. The number of ether oxygens (including phenoxy) is 4. The van der Waals surface area contributed by atoms with E-state index in [1.54, 1.807) is 6.08 Å². The topological polar surface area (TPSA) is 54.0 Å². The summed E-state index contributed by atoms with van der Waals surface area (Å²) in [6.45, 7) is 12.0. The maximum Gasteiger partial charge on any atom is 0.330 e. The van der Waals surface area contributed by atoms with Crippen LogP contribution in [0.3, 0.4) is 0 Å². The molecule has 0 N–H and O–H groups in total. The maximum absolute atomic E-state index is 11.3. The zero-order valence-corrected chi connectivity index (χ0v) is 23.2. The van der Waals surface area contributed by atoms with Gasteiger partial charge >= 0.3 is 5.97 Å². The Morgan fingerprint density at radius 2 is 1.29 bits per heavy atom. The Kier molecular flexibility index (Phi) is 10.4. The summed E-state index contributed by atoms with van der Waals surface area (Å²) in [6.07, 6.45) is 12.3. The predicted octanol–water partition coefficient (Wildman–Crippen LogP) is 7.36. The fourth-order valence-corrected chi connectivity index (χ4v) is 5.12. The standard InChI is InChI=1S/C36H36O5/c1-4-28(3)38-24-25-39-33-20-16-31(17-21-33)36(29-12-8-6-9-13-29,30-14-10-7-11-15-30)32-18-22-34(23-19-32)40-26-27-41-35(37)5-2/h4-14,16-23,30H,1-3,15,24-27H2. The second-order valence-electron chi connectivity index (χ2n) is 9.47. The highest BCUT2D eigenvalue weighted by Gasteiger charge is 2.42. The van der Waals surface area contributed by atoms with Crippen LogP contribution < -0.4 is 9.47 Å². The lowest BCUT2D eigenvalue weighted by atomic mass is 9.60. The first-order valence-electron chi connectivity index (χ1n) is 13.7. The minimum Gasteiger partial charge on any atom is -0.491 e. The van der Waals surface area contributed by atoms with E-state index in [1.807, 2.05) is 30.3 Å². The van der Waals surface area contributed by atoms with Gasteiger partial charge in [-0.3, -0.25) is 0 Å². The van der Waals surface area contributed by atoms with Crippen molar-refractivity contribution in [2.45, 2.75) is 11.8 Å². The molecule has 210 valence electrons. The Hall–Kier alpha value is -4.77. The van der Waals surface area contributed by atoms with Crippen molar-refractivity contribution >= 4 is 5.97 Å². The van der Waals surface area contributed by atoms with Gasteiger partial charge in [0.1, 0.15) is 43.7 Å². The molecular formula is C36H36O5. The summed E-state index contributed by atoms with van der Waals surface area (Å²) in [5.74, 6) is 1.70. The van der Waals surface area contributed by atoms with E-state index in [-0.39, 0.29) is 19.1 Å². The molecular weight excluding hydrogens is 512 g/mol. The van der Waals surface area contributed by atoms with Gasteiger partial charge in [0.2, 0.25) is 0 Å². The molecule has 0 aliphatic heterocycles. The Morgan fingerprint density at radius 3 is 1.80 bits per heavy atom. The molecule has 0 radical (unpaired) electrons. The number of carbonyl (C=O) groups excluding carboxylic acids is 1. The van der Waals surface area contributed by atoms with E-state index >= 15 is 0 Å². The van der Waals surface area contributed by atoms with Crippen molar-refractivity contribution in [1.82, 2.24) is 0 Å². The van der Waals surface area contributed by atoms with Gasteiger partial charge in [-0.05, 0) is 59.4 Å². The number of benzene rings is 3. The second kappa shape index (κ2) is 14.6. The normalized spacial score (nSPS) is 15.3. The molecule has 1 aliphatic carbocycles. The minimum absolute atomic E-state index is 0.156. The average molecular weight is 549 g/mol. The Balaban J connectivity index is 1.65. The molecule has 3 aromatic rings. The van der Waals surface area contributed by atoms with E-state index in [0.717, 1.165) is 29.4 Å². The van der Waals surface area contributed by atoms with E-state index < -0.39 is 11.4 Å². The third-order valence-electron chi connectivity index (χ3n) is 7.02. The summed E-state index contributed by atoms with van der Waals surface area (Å²) in [7, 11) is 0. The average Bonchev–Trinajstić information content (AvgIpc) is 3.04. The van der Waals surface area contributed by atoms with Crippen molar-refractivity contribution in [3.63, 3.8) is 0 Å². The summed E-state index contributed by atoms with van der Waals surface area (Å²) < 4.78 is 22.2. The number of hydrogen-bond donors (Lipinski definition) is 0. The molecule has 0 fully saturated rings. The summed E-state index contributed by atoms with van der Waals surface area (Å²) in [6, 6.07) is 27.1. The smallest absolute Gasteiger partial charge is 0.330 e. The van der Waals surface area contributed by atoms with Gasteiger partial charge in [0.05, 0.1) is 5.41 Å². The quantitative estimate of drug-likeness (QED) is 0.0496. The number of carbonyl (C=O) groups is 1. The SMILES string of the molecule is C=CC(=C)OCCOc1ccc(C(c2ccccc2)(c2ccc(OCCOC(=O)C=C)cc2)C2C=CC=CC2)cc1. The highest BCUT2D eigenvalue weighted by molar-refractivity contribution is 5.81. The fraction of sp³-hybridized carbons (Fsp3) is 0.194. The Labute approximate surface area is 242 Å². The molecule has 3 aromatic carbocycles. The molecule has 0 saturated carbocycles. The molecule has 2 unspecified atom stereocenters. The van der Waals surface area contributed by atoms with Crippen LogP contribution in [0.4, 0.5) is 0 Å². The van der Waals surface area contributed by atoms with Gasteiger partial charge in [-0.2, -0.15) is 0 Å². The first-order valence-corrected chi connectivity index (χ1v) is 13.7. The van der Waals surface area contributed by atoms with Crippen LogP contribution in [0.1, 0.15) is 23.1 Å². The van der Waals surface area contributed by atoms with Gasteiger partial charge < -0.3 is 18.9 Å². The molecule has 1 aliphatic rings. The van der Waals surface area contributed by atoms with Crippen molar-refractivity contribution in [3.8, 4) is 11.5 Å². The summed E-state index contributed by atoms with van der Waals surface area (Å²) in [5, 5.41) is 0. The highest BCUT2D eigenvalue weighted by atomic mass is 16.6. The zero-order valence-electron chi connectivity index (χ0n) is 23.2. The molecule has 41 heavy (non-hydrogen) atoms. The molecule has 0 saturated heterocycles. The van der Waals surface area contributed by atoms with E-state index in [4.69, 9.17) is 18.9 Å². The van der Waals surface area contributed by atoms with Crippen molar-refractivity contribution < 1.29 is 23.7 Å². The van der Waals surface area contributed by atoms with Crippen molar-refractivity contribution in [2.24, 2.45) is 5.92 Å². The number of esters is 1. The lowest BCUT2D eigenvalue weighted by molar-refractivity contribution is -0.138. The van der Waals surface area contributed by atoms with Crippen LogP contribution in [0.15, 0.2) is 141 Å². The Bertz CT molecular complexity index is 1300. The van der Waals surface area contributed by atoms with E-state index in [9.17, 15) is 4.79 Å². The van der Waals surface area contributed by atoms with Crippen LogP contribution in [0.2, 0.25) is 0 Å². The molecule has 2 atom stereocenters. The largest absolute Gasteiger partial charge is 0.491 e. The molecule has 0 aromatic heterocycles. The van der Waals surface area contributed by atoms with Gasteiger partial charge in [-0.15, -0.1) is 0 Å². The minimum atomic E-state index is -0.468. The Morgan fingerprint density at radius 1 is 0.732 bits per heavy atom. The van der Waals surface area contributed by atoms with Gasteiger partial charge in [0.15, 0.2) is 0 Å². The monoisotopic (exact) mass is 548 g/mol. The first-order chi connectivity index (χ1) is 20.1. The van der Waals surface area contributed by atoms with Crippen LogP contribution in [-0.4, -0.2) is 32.4 Å². The van der Waals surface area contributed by atoms with Crippen LogP contribution in [0, 0.1) is 5.92 Å². The van der Waals surface area contributed by atoms with E-state index in [1.165, 1.54) is 5.56 Å². The van der Waals surface area contributed by atoms with Crippen LogP contribution in [0.5, 0.6) is 11.5 Å².